The van der Waals surface area contributed by atoms with Crippen LogP contribution in [0.5, 0.6) is 0 Å². The number of carbonyl (C=O) groups is 1. The summed E-state index contributed by atoms with van der Waals surface area (Å²) < 4.78 is 0. The van der Waals surface area contributed by atoms with Gasteiger partial charge in [-0.25, -0.2) is 0 Å². The van der Waals surface area contributed by atoms with Gasteiger partial charge in [0.25, 0.3) is 0 Å². The average Bonchev–Trinajstić information content (AvgIpc) is 2.94. The molecule has 14 heavy (non-hydrogen) atoms. The molecule has 1 rings (SSSR count). The van der Waals surface area contributed by atoms with Crippen LogP contribution in [0.25, 0.3) is 0 Å². The molecule has 0 heterocycles. The summed E-state index contributed by atoms with van der Waals surface area (Å²) in [6.07, 6.45) is 3.07. The number of thiocarbonyl (C=S) groups is 1. The van der Waals surface area contributed by atoms with Gasteiger partial charge in [-0.2, -0.15) is 0 Å². The van der Waals surface area contributed by atoms with Crippen LogP contribution in [-0.4, -0.2) is 42.0 Å². The van der Waals surface area contributed by atoms with E-state index in [1.165, 1.54) is 12.8 Å². The number of hydrogen-bond acceptors (Lipinski definition) is 3. The quantitative estimate of drug-likeness (QED) is 0.606. The maximum Gasteiger partial charge on any atom is 0.233 e. The standard InChI is InChI=1S/C9H17N3OS/c1-11-9(13)6-12(7-2-3-7)5-4-8(10)14/h7H,2-6H2,1H3,(H2,10,14)(H,11,13). The van der Waals surface area contributed by atoms with Gasteiger partial charge in [0.2, 0.25) is 5.91 Å². The highest BCUT2D eigenvalue weighted by atomic mass is 32.1. The third kappa shape index (κ3) is 4.02. The summed E-state index contributed by atoms with van der Waals surface area (Å²) in [6, 6.07) is 0.571. The summed E-state index contributed by atoms with van der Waals surface area (Å²) in [5.41, 5.74) is 5.43. The number of carbonyl (C=O) groups excluding carboxylic acids is 1. The minimum atomic E-state index is 0.0554. The van der Waals surface area contributed by atoms with E-state index < -0.39 is 0 Å². The van der Waals surface area contributed by atoms with Crippen LogP contribution < -0.4 is 11.1 Å². The normalized spacial score (nSPS) is 15.6. The lowest BCUT2D eigenvalue weighted by atomic mass is 10.3. The van der Waals surface area contributed by atoms with Gasteiger partial charge in [-0.15, -0.1) is 0 Å². The second kappa shape index (κ2) is 5.26. The molecule has 0 bridgehead atoms. The number of rotatable bonds is 6. The number of likely N-dealkylation sites (N-methyl/N-ethyl adjacent to an activating group) is 1. The molecule has 1 saturated carbocycles. The molecule has 3 N–H and O–H groups in total. The molecular formula is C9H17N3OS. The van der Waals surface area contributed by atoms with Crippen molar-refractivity contribution in [3.63, 3.8) is 0 Å². The van der Waals surface area contributed by atoms with Crippen LogP contribution in [-0.2, 0) is 4.79 Å². The zero-order valence-electron chi connectivity index (χ0n) is 8.45. The minimum absolute atomic E-state index is 0.0554. The number of nitrogens with two attached hydrogens (primary N) is 1. The second-order valence-corrected chi connectivity index (χ2v) is 4.12. The second-order valence-electron chi connectivity index (χ2n) is 3.59. The van der Waals surface area contributed by atoms with Gasteiger partial charge in [0.05, 0.1) is 11.5 Å². The molecular weight excluding hydrogens is 198 g/mol. The highest BCUT2D eigenvalue weighted by Crippen LogP contribution is 2.26. The lowest BCUT2D eigenvalue weighted by molar-refractivity contribution is -0.121. The Balaban J connectivity index is 2.31. The van der Waals surface area contributed by atoms with Gasteiger partial charge in [-0.05, 0) is 12.8 Å². The highest BCUT2D eigenvalue weighted by Gasteiger charge is 2.29. The Morgan fingerprint density at radius 2 is 2.29 bits per heavy atom. The number of amides is 1. The smallest absolute Gasteiger partial charge is 0.233 e. The maximum atomic E-state index is 11.2. The molecule has 1 aliphatic carbocycles. The molecule has 0 aromatic carbocycles. The van der Waals surface area contributed by atoms with E-state index in [9.17, 15) is 4.79 Å². The van der Waals surface area contributed by atoms with Crippen molar-refractivity contribution in [1.29, 1.82) is 0 Å². The highest BCUT2D eigenvalue weighted by molar-refractivity contribution is 7.80. The number of hydrogen-bond donors (Lipinski definition) is 2. The van der Waals surface area contributed by atoms with E-state index in [0.717, 1.165) is 6.54 Å². The molecule has 4 nitrogen and oxygen atoms in total. The van der Waals surface area contributed by atoms with Crippen molar-refractivity contribution in [2.75, 3.05) is 20.1 Å². The molecule has 0 spiro atoms. The zero-order valence-corrected chi connectivity index (χ0v) is 9.27. The predicted molar refractivity (Wildman–Crippen MR) is 60.1 cm³/mol. The van der Waals surface area contributed by atoms with Crippen LogP contribution in [0, 0.1) is 0 Å². The van der Waals surface area contributed by atoms with E-state index >= 15 is 0 Å². The van der Waals surface area contributed by atoms with Crippen molar-refractivity contribution in [3.05, 3.63) is 0 Å². The molecule has 1 aliphatic rings. The van der Waals surface area contributed by atoms with E-state index in [1.807, 2.05) is 0 Å². The first kappa shape index (κ1) is 11.4. The SMILES string of the molecule is CNC(=O)CN(CCC(N)=S)C1CC1. The van der Waals surface area contributed by atoms with Gasteiger partial charge in [-0.1, -0.05) is 12.2 Å². The first-order valence-electron chi connectivity index (χ1n) is 4.86. The Morgan fingerprint density at radius 1 is 1.64 bits per heavy atom. The van der Waals surface area contributed by atoms with E-state index in [0.29, 0.717) is 24.0 Å². The van der Waals surface area contributed by atoms with Gasteiger partial charge in [0, 0.05) is 26.1 Å². The van der Waals surface area contributed by atoms with Crippen LogP contribution in [0.2, 0.25) is 0 Å². The molecule has 0 radical (unpaired) electrons. The van der Waals surface area contributed by atoms with E-state index in [-0.39, 0.29) is 5.91 Å². The molecule has 0 aliphatic heterocycles. The minimum Gasteiger partial charge on any atom is -0.393 e. The van der Waals surface area contributed by atoms with Crippen LogP contribution in [0.3, 0.4) is 0 Å². The van der Waals surface area contributed by atoms with E-state index in [2.05, 4.69) is 10.2 Å². The Bertz CT molecular complexity index is 228. The molecule has 0 atom stereocenters. The molecule has 80 valence electrons. The summed E-state index contributed by atoms with van der Waals surface area (Å²) in [5.74, 6) is 0.0554. The average molecular weight is 215 g/mol. The summed E-state index contributed by atoms with van der Waals surface area (Å²) in [6.45, 7) is 1.26. The predicted octanol–water partition coefficient (Wildman–Crippen LogP) is -0.127. The molecule has 5 heteroatoms. The van der Waals surface area contributed by atoms with Gasteiger partial charge in [0.1, 0.15) is 0 Å². The zero-order chi connectivity index (χ0) is 10.6. The summed E-state index contributed by atoms with van der Waals surface area (Å²) in [5, 5.41) is 2.62. The third-order valence-corrected chi connectivity index (χ3v) is 2.54. The van der Waals surface area contributed by atoms with Gasteiger partial charge in [0.15, 0.2) is 0 Å². The van der Waals surface area contributed by atoms with Crippen LogP contribution in [0.4, 0.5) is 0 Å². The summed E-state index contributed by atoms with van der Waals surface area (Å²) in [4.78, 5) is 13.9. The fourth-order valence-corrected chi connectivity index (χ4v) is 1.44. The monoisotopic (exact) mass is 215 g/mol. The molecule has 1 fully saturated rings. The van der Waals surface area contributed by atoms with Gasteiger partial charge < -0.3 is 11.1 Å². The Labute approximate surface area is 89.8 Å². The number of nitrogens with one attached hydrogen (secondary N) is 1. The molecule has 0 aromatic heterocycles. The lowest BCUT2D eigenvalue weighted by Crippen LogP contribution is -2.38. The van der Waals surface area contributed by atoms with Crippen LogP contribution in [0.1, 0.15) is 19.3 Å². The Kier molecular flexibility index (Phi) is 4.28. The molecule has 0 aromatic rings. The lowest BCUT2D eigenvalue weighted by Gasteiger charge is -2.20. The fraction of sp³-hybridized carbons (Fsp3) is 0.778. The van der Waals surface area contributed by atoms with Crippen molar-refractivity contribution in [3.8, 4) is 0 Å². The van der Waals surface area contributed by atoms with Gasteiger partial charge >= 0.3 is 0 Å². The topological polar surface area (TPSA) is 58.4 Å². The first-order chi connectivity index (χ1) is 6.63. The third-order valence-electron chi connectivity index (χ3n) is 2.33. The molecule has 1 amide bonds. The Hall–Kier alpha value is -0.680. The Morgan fingerprint density at radius 3 is 2.71 bits per heavy atom. The van der Waals surface area contributed by atoms with Crippen molar-refractivity contribution >= 4 is 23.1 Å². The largest absolute Gasteiger partial charge is 0.393 e. The molecule has 0 unspecified atom stereocenters. The van der Waals surface area contributed by atoms with Crippen molar-refractivity contribution in [1.82, 2.24) is 10.2 Å². The molecule has 0 saturated heterocycles. The maximum absolute atomic E-state index is 11.2. The van der Waals surface area contributed by atoms with Crippen molar-refractivity contribution in [2.45, 2.75) is 25.3 Å². The first-order valence-corrected chi connectivity index (χ1v) is 5.27. The summed E-state index contributed by atoms with van der Waals surface area (Å²) in [7, 11) is 1.65. The fourth-order valence-electron chi connectivity index (χ4n) is 1.35. The van der Waals surface area contributed by atoms with Crippen LogP contribution in [0.15, 0.2) is 0 Å². The number of nitrogens with zero attached hydrogens (tertiary/aromatic N) is 1. The van der Waals surface area contributed by atoms with Crippen LogP contribution >= 0.6 is 12.2 Å². The van der Waals surface area contributed by atoms with Crippen molar-refractivity contribution in [2.24, 2.45) is 5.73 Å². The van der Waals surface area contributed by atoms with Crippen molar-refractivity contribution < 1.29 is 4.79 Å². The van der Waals surface area contributed by atoms with E-state index in [1.54, 1.807) is 7.05 Å². The van der Waals surface area contributed by atoms with Gasteiger partial charge in [-0.3, -0.25) is 9.69 Å². The van der Waals surface area contributed by atoms with E-state index in [4.69, 9.17) is 18.0 Å². The summed E-state index contributed by atoms with van der Waals surface area (Å²) >= 11 is 4.81.